The monoisotopic (exact) mass is 616 g/mol. The molecule has 0 saturated heterocycles. The first-order chi connectivity index (χ1) is 18.5. The second-order valence-electron chi connectivity index (χ2n) is 8.98. The molecule has 0 rings (SSSR count). The fourth-order valence-corrected chi connectivity index (χ4v) is 6.93. The van der Waals surface area contributed by atoms with E-state index in [1.807, 2.05) is 13.8 Å². The van der Waals surface area contributed by atoms with Crippen molar-refractivity contribution in [2.24, 2.45) is 0 Å². The van der Waals surface area contributed by atoms with Crippen LogP contribution >= 0.6 is 27.4 Å². The van der Waals surface area contributed by atoms with E-state index >= 15 is 0 Å². The van der Waals surface area contributed by atoms with Crippen LogP contribution in [0.2, 0.25) is 0 Å². The topological polar surface area (TPSA) is 81.6 Å². The molecule has 0 heterocycles. The minimum absolute atomic E-state index is 0.133. The molecular weight excluding hydrogens is 562 g/mol. The van der Waals surface area contributed by atoms with E-state index in [-0.39, 0.29) is 6.61 Å². The van der Waals surface area contributed by atoms with Gasteiger partial charge >= 0.3 is 0 Å². The first kappa shape index (κ1) is 43.3. The lowest BCUT2D eigenvalue weighted by Crippen LogP contribution is -2.34. The molecule has 0 amide bonds. The minimum Gasteiger partial charge on any atom is -0.394 e. The van der Waals surface area contributed by atoms with Crippen LogP contribution in [0.25, 0.3) is 9.69 Å². The van der Waals surface area contributed by atoms with E-state index in [1.165, 1.54) is 0 Å². The van der Waals surface area contributed by atoms with Crippen LogP contribution in [0.3, 0.4) is 0 Å². The SMILES string of the molecule is CCOCCO.[C-]#[N+]CCOP(Cl)N(C(C)C)C(C)C.[C-]#[N+]CCOP(OCCOCC)N(C(C)C)C(C)C. The summed E-state index contributed by atoms with van der Waals surface area (Å²) in [6.07, 6.45) is 0. The van der Waals surface area contributed by atoms with Gasteiger partial charge in [-0.2, -0.15) is 0 Å². The van der Waals surface area contributed by atoms with E-state index in [1.54, 1.807) is 0 Å². The van der Waals surface area contributed by atoms with E-state index in [9.17, 15) is 0 Å². The zero-order valence-corrected chi connectivity index (χ0v) is 28.5. The van der Waals surface area contributed by atoms with E-state index in [0.29, 0.717) is 83.5 Å². The molecule has 1 N–H and O–H groups in total. The summed E-state index contributed by atoms with van der Waals surface area (Å²) in [5.74, 6) is 0. The molecule has 10 nitrogen and oxygen atoms in total. The van der Waals surface area contributed by atoms with Crippen molar-refractivity contribution < 1.29 is 28.2 Å². The summed E-state index contributed by atoms with van der Waals surface area (Å²) in [6, 6.07) is 1.41. The van der Waals surface area contributed by atoms with Crippen LogP contribution in [0.5, 0.6) is 0 Å². The van der Waals surface area contributed by atoms with Crippen LogP contribution in [0.1, 0.15) is 69.2 Å². The summed E-state index contributed by atoms with van der Waals surface area (Å²) in [4.78, 5) is 6.52. The predicted octanol–water partition coefficient (Wildman–Crippen LogP) is 6.84. The van der Waals surface area contributed by atoms with E-state index < -0.39 is 16.2 Å². The Morgan fingerprint density at radius 2 is 1.08 bits per heavy atom. The third-order valence-corrected chi connectivity index (χ3v) is 8.97. The minimum atomic E-state index is -1.12. The average molecular weight is 617 g/mol. The molecule has 0 radical (unpaired) electrons. The molecule has 2 unspecified atom stereocenters. The van der Waals surface area contributed by atoms with Gasteiger partial charge in [0.15, 0.2) is 0 Å². The molecule has 0 spiro atoms. The van der Waals surface area contributed by atoms with Gasteiger partial charge in [-0.3, -0.25) is 0 Å². The van der Waals surface area contributed by atoms with Crippen LogP contribution < -0.4 is 0 Å². The lowest BCUT2D eigenvalue weighted by Gasteiger charge is -2.35. The fourth-order valence-electron chi connectivity index (χ4n) is 3.02. The van der Waals surface area contributed by atoms with Gasteiger partial charge in [0.2, 0.25) is 20.7 Å². The first-order valence-electron chi connectivity index (χ1n) is 13.6. The molecule has 13 heteroatoms. The second kappa shape index (κ2) is 30.8. The lowest BCUT2D eigenvalue weighted by molar-refractivity contribution is 0.0959. The van der Waals surface area contributed by atoms with Gasteiger partial charge in [0.1, 0.15) is 13.2 Å². The molecule has 0 saturated carbocycles. The molecular formula is C26H55ClN4O6P2. The van der Waals surface area contributed by atoms with Crippen molar-refractivity contribution in [2.75, 3.05) is 65.9 Å². The maximum atomic E-state index is 8.07. The standard InChI is InChI=1S/C13H27N2O3P.C9H18ClN2OP.C4H10O2/c1-7-16-10-11-18-19(17-9-8-14-6)15(12(2)3)13(4)5;1-8(2)12(9(3)4)14(10)13-7-6-11-5;1-2-6-4-3-5/h12-13H,7-11H2,1-5H3;8-9H,6-7H2,1-4H3;5H,2-4H2,1H3. The normalized spacial score (nSPS) is 12.7. The summed E-state index contributed by atoms with van der Waals surface area (Å²) < 4.78 is 31.3. The molecule has 0 aliphatic carbocycles. The van der Waals surface area contributed by atoms with Crippen molar-refractivity contribution in [3.05, 3.63) is 22.8 Å². The van der Waals surface area contributed by atoms with E-state index in [4.69, 9.17) is 52.5 Å². The Kier molecular flexibility index (Phi) is 34.1. The Balaban J connectivity index is -0.000000566. The quantitative estimate of drug-likeness (QED) is 0.0904. The van der Waals surface area contributed by atoms with Gasteiger partial charge in [-0.1, -0.05) is 0 Å². The highest BCUT2D eigenvalue weighted by molar-refractivity contribution is 7.78. The summed E-state index contributed by atoms with van der Waals surface area (Å²) in [5.41, 5.74) is 0. The van der Waals surface area contributed by atoms with Crippen molar-refractivity contribution >= 4 is 27.4 Å². The van der Waals surface area contributed by atoms with E-state index in [0.717, 1.165) is 0 Å². The fraction of sp³-hybridized carbons (Fsp3) is 0.923. The molecule has 0 fully saturated rings. The Morgan fingerprint density at radius 1 is 0.667 bits per heavy atom. The third-order valence-electron chi connectivity index (χ3n) is 4.37. The maximum Gasteiger partial charge on any atom is 0.259 e. The van der Waals surface area contributed by atoms with Gasteiger partial charge in [0, 0.05) is 37.4 Å². The van der Waals surface area contributed by atoms with E-state index in [2.05, 4.69) is 74.4 Å². The number of aliphatic hydroxyl groups is 1. The molecule has 2 atom stereocenters. The Bertz CT molecular complexity index is 590. The van der Waals surface area contributed by atoms with Crippen LogP contribution in [0.15, 0.2) is 0 Å². The molecule has 0 aromatic rings. The number of aliphatic hydroxyl groups excluding tert-OH is 1. The van der Waals surface area contributed by atoms with Gasteiger partial charge in [-0.15, -0.1) is 0 Å². The number of rotatable bonds is 20. The Morgan fingerprint density at radius 3 is 1.44 bits per heavy atom. The Labute approximate surface area is 246 Å². The van der Waals surface area contributed by atoms with Crippen LogP contribution in [-0.4, -0.2) is 105 Å². The number of nitrogens with zero attached hydrogens (tertiary/aromatic N) is 4. The lowest BCUT2D eigenvalue weighted by atomic mass is 10.3. The molecule has 232 valence electrons. The third kappa shape index (κ3) is 26.5. The Hall–Kier alpha value is -0.190. The zero-order chi connectivity index (χ0) is 30.6. The van der Waals surface area contributed by atoms with Gasteiger partial charge < -0.3 is 37.8 Å². The van der Waals surface area contributed by atoms with Crippen molar-refractivity contribution in [3.63, 3.8) is 0 Å². The number of hydrogen-bond acceptors (Lipinski definition) is 8. The average Bonchev–Trinajstić information content (AvgIpc) is 2.85. The van der Waals surface area contributed by atoms with Gasteiger partial charge in [-0.05, 0) is 80.5 Å². The van der Waals surface area contributed by atoms with Crippen LogP contribution in [0, 0.1) is 13.1 Å². The van der Waals surface area contributed by atoms with Crippen LogP contribution in [-0.2, 0) is 23.0 Å². The van der Waals surface area contributed by atoms with Crippen molar-refractivity contribution in [2.45, 2.75) is 93.4 Å². The van der Waals surface area contributed by atoms with Gasteiger partial charge in [-0.25, -0.2) is 22.5 Å². The molecule has 39 heavy (non-hydrogen) atoms. The molecule has 0 aliphatic heterocycles. The zero-order valence-electron chi connectivity index (χ0n) is 25.9. The summed E-state index contributed by atoms with van der Waals surface area (Å²) in [5, 5.41) is 8.07. The van der Waals surface area contributed by atoms with Crippen molar-refractivity contribution in [3.8, 4) is 0 Å². The second-order valence-corrected chi connectivity index (χ2v) is 12.5. The smallest absolute Gasteiger partial charge is 0.259 e. The van der Waals surface area contributed by atoms with Crippen LogP contribution in [0.4, 0.5) is 0 Å². The largest absolute Gasteiger partial charge is 0.394 e. The van der Waals surface area contributed by atoms with Crippen molar-refractivity contribution in [1.29, 1.82) is 0 Å². The summed E-state index contributed by atoms with van der Waals surface area (Å²) >= 11 is 6.14. The van der Waals surface area contributed by atoms with Crippen molar-refractivity contribution in [1.82, 2.24) is 9.34 Å². The first-order valence-corrected chi connectivity index (χ1v) is 16.8. The highest BCUT2D eigenvalue weighted by Gasteiger charge is 2.27. The highest BCUT2D eigenvalue weighted by Crippen LogP contribution is 2.49. The summed E-state index contributed by atoms with van der Waals surface area (Å²) in [7, 11) is -2.19. The molecule has 0 aromatic heterocycles. The number of ether oxygens (including phenoxy) is 2. The van der Waals surface area contributed by atoms with Gasteiger partial charge in [0.05, 0.1) is 26.4 Å². The number of hydrogen-bond donors (Lipinski definition) is 1. The highest BCUT2D eigenvalue weighted by atomic mass is 35.7. The van der Waals surface area contributed by atoms with Gasteiger partial charge in [0.25, 0.3) is 8.53 Å². The maximum absolute atomic E-state index is 8.07. The molecule has 0 aliphatic rings. The predicted molar refractivity (Wildman–Crippen MR) is 165 cm³/mol. The number of halogens is 1. The summed E-state index contributed by atoms with van der Waals surface area (Å²) in [6.45, 7) is 38.8. The molecule has 0 bridgehead atoms. The molecule has 0 aromatic carbocycles.